The number of aliphatic hydroxyl groups is 2. The molecule has 3 rings (SSSR count). The molecule has 0 aromatic carbocycles. The average Bonchev–Trinajstić information content (AvgIpc) is 3.06. The first-order chi connectivity index (χ1) is 12.0. The molecule has 8 heteroatoms. The van der Waals surface area contributed by atoms with Gasteiger partial charge in [0.05, 0.1) is 12.1 Å². The molecule has 1 aromatic heterocycles. The first-order valence-electron chi connectivity index (χ1n) is 8.92. The number of amides is 1. The van der Waals surface area contributed by atoms with Gasteiger partial charge < -0.3 is 15.5 Å². The number of hydrogen-bond acceptors (Lipinski definition) is 5. The monoisotopic (exact) mass is 351 g/mol. The molecule has 4 atom stereocenters. The standard InChI is InChI=1S/C17H25N3O5/c21-13-7-8-20(17(25)19-13)12-6-5-11(15(23)16(12)24)18-14(22)9-10-3-1-2-4-10/h7-8,10-12,15-16,23-24H,1-6,9H2,(H,18,22)(H,19,21,25)/t11-,12-,15-,16-/m1/s1. The molecular weight excluding hydrogens is 326 g/mol. The lowest BCUT2D eigenvalue weighted by Crippen LogP contribution is -2.55. The van der Waals surface area contributed by atoms with Crippen molar-refractivity contribution in [2.24, 2.45) is 5.92 Å². The Morgan fingerprint density at radius 2 is 1.88 bits per heavy atom. The van der Waals surface area contributed by atoms with Crippen molar-refractivity contribution in [2.75, 3.05) is 0 Å². The van der Waals surface area contributed by atoms with Crippen LogP contribution in [0.5, 0.6) is 0 Å². The second kappa shape index (κ2) is 7.53. The maximum Gasteiger partial charge on any atom is 0.328 e. The summed E-state index contributed by atoms with van der Waals surface area (Å²) in [7, 11) is 0. The third kappa shape index (κ3) is 4.01. The molecule has 4 N–H and O–H groups in total. The molecule has 2 saturated carbocycles. The molecule has 0 bridgehead atoms. The van der Waals surface area contributed by atoms with Gasteiger partial charge in [-0.05, 0) is 31.6 Å². The van der Waals surface area contributed by atoms with E-state index in [2.05, 4.69) is 10.3 Å². The highest BCUT2D eigenvalue weighted by Crippen LogP contribution is 2.30. The van der Waals surface area contributed by atoms with Crippen LogP contribution in [0, 0.1) is 5.92 Å². The zero-order valence-corrected chi connectivity index (χ0v) is 14.1. The Bertz CT molecular complexity index is 721. The second-order valence-corrected chi connectivity index (χ2v) is 7.17. The molecule has 0 aliphatic heterocycles. The Balaban J connectivity index is 1.62. The molecule has 1 aromatic rings. The quantitative estimate of drug-likeness (QED) is 0.591. The topological polar surface area (TPSA) is 124 Å². The van der Waals surface area contributed by atoms with Gasteiger partial charge in [0, 0.05) is 18.7 Å². The van der Waals surface area contributed by atoms with E-state index in [0.29, 0.717) is 25.2 Å². The Hall–Kier alpha value is -1.93. The number of nitrogens with zero attached hydrogens (tertiary/aromatic N) is 1. The van der Waals surface area contributed by atoms with Gasteiger partial charge >= 0.3 is 5.69 Å². The molecular formula is C17H25N3O5. The van der Waals surface area contributed by atoms with Crippen LogP contribution in [-0.4, -0.2) is 43.9 Å². The van der Waals surface area contributed by atoms with Crippen molar-refractivity contribution < 1.29 is 15.0 Å². The Morgan fingerprint density at radius 1 is 1.16 bits per heavy atom. The van der Waals surface area contributed by atoms with Crippen molar-refractivity contribution in [3.8, 4) is 0 Å². The van der Waals surface area contributed by atoms with Crippen LogP contribution in [0.4, 0.5) is 0 Å². The van der Waals surface area contributed by atoms with Gasteiger partial charge in [-0.2, -0.15) is 0 Å². The zero-order valence-electron chi connectivity index (χ0n) is 14.1. The molecule has 0 unspecified atom stereocenters. The molecule has 2 fully saturated rings. The highest BCUT2D eigenvalue weighted by Gasteiger charge is 2.39. The third-order valence-corrected chi connectivity index (χ3v) is 5.43. The molecule has 0 radical (unpaired) electrons. The van der Waals surface area contributed by atoms with Crippen molar-refractivity contribution in [1.82, 2.24) is 14.9 Å². The number of aromatic nitrogens is 2. The summed E-state index contributed by atoms with van der Waals surface area (Å²) in [5.41, 5.74) is -1.13. The number of aromatic amines is 1. The van der Waals surface area contributed by atoms with Gasteiger partial charge in [-0.1, -0.05) is 12.8 Å². The summed E-state index contributed by atoms with van der Waals surface area (Å²) in [6, 6.07) is 0.0385. The summed E-state index contributed by atoms with van der Waals surface area (Å²) in [5.74, 6) is 0.320. The first kappa shape index (κ1) is 17.9. The van der Waals surface area contributed by atoms with Crippen molar-refractivity contribution >= 4 is 5.91 Å². The van der Waals surface area contributed by atoms with Gasteiger partial charge in [0.15, 0.2) is 0 Å². The highest BCUT2D eigenvalue weighted by atomic mass is 16.3. The molecule has 2 aliphatic carbocycles. The fourth-order valence-corrected chi connectivity index (χ4v) is 4.05. The zero-order chi connectivity index (χ0) is 18.0. The number of aliphatic hydroxyl groups excluding tert-OH is 2. The minimum absolute atomic E-state index is 0.0946. The van der Waals surface area contributed by atoms with E-state index < -0.39 is 35.5 Å². The summed E-state index contributed by atoms with van der Waals surface area (Å²) >= 11 is 0. The summed E-state index contributed by atoms with van der Waals surface area (Å²) in [6.07, 6.45) is 4.75. The van der Waals surface area contributed by atoms with E-state index in [4.69, 9.17) is 0 Å². The summed E-state index contributed by atoms with van der Waals surface area (Å²) < 4.78 is 1.23. The van der Waals surface area contributed by atoms with E-state index in [1.54, 1.807) is 0 Å². The van der Waals surface area contributed by atoms with Crippen molar-refractivity contribution in [3.63, 3.8) is 0 Å². The largest absolute Gasteiger partial charge is 0.388 e. The van der Waals surface area contributed by atoms with Crippen LogP contribution in [0.3, 0.4) is 0 Å². The summed E-state index contributed by atoms with van der Waals surface area (Å²) in [6.45, 7) is 0. The minimum Gasteiger partial charge on any atom is -0.388 e. The highest BCUT2D eigenvalue weighted by molar-refractivity contribution is 5.76. The molecule has 138 valence electrons. The van der Waals surface area contributed by atoms with Crippen LogP contribution in [0.15, 0.2) is 21.9 Å². The molecule has 0 spiro atoms. The van der Waals surface area contributed by atoms with Gasteiger partial charge in [-0.15, -0.1) is 0 Å². The van der Waals surface area contributed by atoms with E-state index in [1.165, 1.54) is 16.8 Å². The minimum atomic E-state index is -1.20. The summed E-state index contributed by atoms with van der Waals surface area (Å²) in [4.78, 5) is 37.4. The van der Waals surface area contributed by atoms with Crippen LogP contribution in [-0.2, 0) is 4.79 Å². The predicted octanol–water partition coefficient (Wildman–Crippen LogP) is -0.342. The maximum absolute atomic E-state index is 12.2. The van der Waals surface area contributed by atoms with Crippen molar-refractivity contribution in [1.29, 1.82) is 0 Å². The number of carbonyl (C=O) groups excluding carboxylic acids is 1. The van der Waals surface area contributed by atoms with Crippen molar-refractivity contribution in [3.05, 3.63) is 33.1 Å². The second-order valence-electron chi connectivity index (χ2n) is 7.17. The summed E-state index contributed by atoms with van der Waals surface area (Å²) in [5, 5.41) is 23.6. The van der Waals surface area contributed by atoms with E-state index >= 15 is 0 Å². The first-order valence-corrected chi connectivity index (χ1v) is 8.92. The molecule has 0 saturated heterocycles. The van der Waals surface area contributed by atoms with E-state index in [1.807, 2.05) is 0 Å². The number of nitrogens with one attached hydrogen (secondary N) is 2. The van der Waals surface area contributed by atoms with Crippen LogP contribution in [0.25, 0.3) is 0 Å². The maximum atomic E-state index is 12.2. The Morgan fingerprint density at radius 3 is 2.56 bits per heavy atom. The van der Waals surface area contributed by atoms with Crippen LogP contribution in [0.1, 0.15) is 51.0 Å². The molecule has 2 aliphatic rings. The van der Waals surface area contributed by atoms with Crippen LogP contribution < -0.4 is 16.6 Å². The average molecular weight is 351 g/mol. The lowest BCUT2D eigenvalue weighted by molar-refractivity contribution is -0.126. The molecule has 25 heavy (non-hydrogen) atoms. The third-order valence-electron chi connectivity index (χ3n) is 5.43. The lowest BCUT2D eigenvalue weighted by atomic mass is 9.85. The van der Waals surface area contributed by atoms with Gasteiger partial charge in [0.25, 0.3) is 5.56 Å². The van der Waals surface area contributed by atoms with E-state index in [-0.39, 0.29) is 5.91 Å². The number of carbonyl (C=O) groups is 1. The Labute approximate surface area is 144 Å². The van der Waals surface area contributed by atoms with Crippen molar-refractivity contribution in [2.45, 2.75) is 69.2 Å². The number of rotatable bonds is 4. The smallest absolute Gasteiger partial charge is 0.328 e. The van der Waals surface area contributed by atoms with Crippen LogP contribution in [0.2, 0.25) is 0 Å². The van der Waals surface area contributed by atoms with Gasteiger partial charge in [-0.3, -0.25) is 19.1 Å². The molecule has 1 heterocycles. The normalized spacial score (nSPS) is 30.3. The number of hydrogen-bond donors (Lipinski definition) is 4. The van der Waals surface area contributed by atoms with Crippen LogP contribution >= 0.6 is 0 Å². The molecule has 8 nitrogen and oxygen atoms in total. The number of H-pyrrole nitrogens is 1. The SMILES string of the molecule is O=C(CC1CCCC1)N[C@@H]1CC[C@@H](n2ccc(=O)[nH]c2=O)[C@@H](O)[C@@H]1O. The fraction of sp³-hybridized carbons (Fsp3) is 0.706. The Kier molecular flexibility index (Phi) is 5.39. The van der Waals surface area contributed by atoms with E-state index in [9.17, 15) is 24.6 Å². The lowest BCUT2D eigenvalue weighted by Gasteiger charge is -2.38. The molecule has 1 amide bonds. The predicted molar refractivity (Wildman–Crippen MR) is 90.1 cm³/mol. The van der Waals surface area contributed by atoms with Gasteiger partial charge in [-0.25, -0.2) is 4.79 Å². The van der Waals surface area contributed by atoms with Gasteiger partial charge in [0.1, 0.15) is 12.2 Å². The van der Waals surface area contributed by atoms with E-state index in [0.717, 1.165) is 25.7 Å². The fourth-order valence-electron chi connectivity index (χ4n) is 4.05. The van der Waals surface area contributed by atoms with Gasteiger partial charge in [0.2, 0.25) is 5.91 Å².